The van der Waals surface area contributed by atoms with Crippen LogP contribution in [-0.2, 0) is 4.43 Å². The van der Waals surface area contributed by atoms with Crippen molar-refractivity contribution in [3.63, 3.8) is 0 Å². The summed E-state index contributed by atoms with van der Waals surface area (Å²) in [6, 6.07) is 15.2. The molecule has 0 spiro atoms. The SMILES string of the molecule is CC(C)(C)[Si](C)(C)OCCNc1ccc(N2C(=O)c3cccc(NC(=O)c4ccc(Cl)s4)c3C2=O)cc1. The van der Waals surface area contributed by atoms with E-state index in [1.54, 1.807) is 42.5 Å². The lowest BCUT2D eigenvalue weighted by Crippen LogP contribution is -2.41. The van der Waals surface area contributed by atoms with Crippen molar-refractivity contribution >= 4 is 66.0 Å². The van der Waals surface area contributed by atoms with Crippen LogP contribution in [0.2, 0.25) is 22.5 Å². The minimum absolute atomic E-state index is 0.154. The molecule has 0 aliphatic carbocycles. The Morgan fingerprint density at radius 1 is 1.03 bits per heavy atom. The Labute approximate surface area is 226 Å². The average Bonchev–Trinajstić information content (AvgIpc) is 3.38. The lowest BCUT2D eigenvalue weighted by atomic mass is 10.1. The first-order valence-electron chi connectivity index (χ1n) is 12.0. The number of carbonyl (C=O) groups excluding carboxylic acids is 3. The molecule has 0 fully saturated rings. The summed E-state index contributed by atoms with van der Waals surface area (Å²) in [6.45, 7) is 12.3. The van der Waals surface area contributed by atoms with Crippen molar-refractivity contribution in [2.45, 2.75) is 38.9 Å². The third-order valence-electron chi connectivity index (χ3n) is 6.79. The number of hydrogen-bond acceptors (Lipinski definition) is 6. The zero-order chi connectivity index (χ0) is 27.0. The Morgan fingerprint density at radius 2 is 1.73 bits per heavy atom. The van der Waals surface area contributed by atoms with Gasteiger partial charge < -0.3 is 15.1 Å². The molecule has 194 valence electrons. The van der Waals surface area contributed by atoms with Crippen molar-refractivity contribution in [2.24, 2.45) is 0 Å². The summed E-state index contributed by atoms with van der Waals surface area (Å²) in [6.07, 6.45) is 0. The van der Waals surface area contributed by atoms with Gasteiger partial charge in [-0.1, -0.05) is 38.4 Å². The molecule has 1 aliphatic rings. The number of hydrogen-bond donors (Lipinski definition) is 2. The van der Waals surface area contributed by atoms with Gasteiger partial charge in [0, 0.05) is 12.2 Å². The van der Waals surface area contributed by atoms with Crippen LogP contribution in [0.5, 0.6) is 0 Å². The number of rotatable bonds is 8. The zero-order valence-electron chi connectivity index (χ0n) is 21.5. The number of halogens is 1. The number of amides is 3. The first-order chi connectivity index (χ1) is 17.4. The van der Waals surface area contributed by atoms with Crippen molar-refractivity contribution in [1.29, 1.82) is 0 Å². The van der Waals surface area contributed by atoms with Crippen LogP contribution in [0, 0.1) is 0 Å². The van der Waals surface area contributed by atoms with Gasteiger partial charge in [0.2, 0.25) is 0 Å². The largest absolute Gasteiger partial charge is 0.415 e. The summed E-state index contributed by atoms with van der Waals surface area (Å²) in [5.41, 5.74) is 2.02. The van der Waals surface area contributed by atoms with E-state index in [2.05, 4.69) is 44.5 Å². The van der Waals surface area contributed by atoms with Gasteiger partial charge in [-0.3, -0.25) is 14.4 Å². The molecule has 0 atom stereocenters. The van der Waals surface area contributed by atoms with Crippen LogP contribution in [0.4, 0.5) is 17.1 Å². The van der Waals surface area contributed by atoms with Gasteiger partial charge in [-0.15, -0.1) is 11.3 Å². The van der Waals surface area contributed by atoms with Crippen LogP contribution in [-0.4, -0.2) is 39.2 Å². The molecule has 0 unspecified atom stereocenters. The molecular weight excluding hydrogens is 526 g/mol. The molecule has 1 aliphatic heterocycles. The fourth-order valence-corrected chi connectivity index (χ4v) is 5.67. The number of imide groups is 1. The van der Waals surface area contributed by atoms with Gasteiger partial charge in [0.1, 0.15) is 0 Å². The van der Waals surface area contributed by atoms with E-state index in [1.807, 2.05) is 12.1 Å². The maximum absolute atomic E-state index is 13.3. The number of anilines is 3. The van der Waals surface area contributed by atoms with Crippen LogP contribution >= 0.6 is 22.9 Å². The lowest BCUT2D eigenvalue weighted by Gasteiger charge is -2.36. The molecule has 0 saturated heterocycles. The van der Waals surface area contributed by atoms with Crippen LogP contribution in [0.15, 0.2) is 54.6 Å². The maximum atomic E-state index is 13.3. The van der Waals surface area contributed by atoms with E-state index in [0.717, 1.165) is 21.9 Å². The molecule has 2 heterocycles. The Bertz CT molecular complexity index is 1350. The minimum Gasteiger partial charge on any atom is -0.415 e. The Kier molecular flexibility index (Phi) is 7.61. The first-order valence-corrected chi connectivity index (χ1v) is 16.1. The maximum Gasteiger partial charge on any atom is 0.268 e. The van der Waals surface area contributed by atoms with Crippen LogP contribution in [0.3, 0.4) is 0 Å². The summed E-state index contributed by atoms with van der Waals surface area (Å²) in [5.74, 6) is -1.31. The topological polar surface area (TPSA) is 87.7 Å². The third-order valence-corrected chi connectivity index (χ3v) is 12.6. The summed E-state index contributed by atoms with van der Waals surface area (Å²) in [4.78, 5) is 40.6. The molecule has 37 heavy (non-hydrogen) atoms. The predicted octanol–water partition coefficient (Wildman–Crippen LogP) is 6.89. The van der Waals surface area contributed by atoms with Gasteiger partial charge in [-0.2, -0.15) is 0 Å². The molecule has 3 aromatic rings. The van der Waals surface area contributed by atoms with E-state index in [1.165, 1.54) is 0 Å². The van der Waals surface area contributed by atoms with Crippen LogP contribution in [0.25, 0.3) is 0 Å². The van der Waals surface area contributed by atoms with Crippen molar-refractivity contribution in [3.05, 3.63) is 74.9 Å². The highest BCUT2D eigenvalue weighted by atomic mass is 35.5. The Balaban J connectivity index is 1.44. The van der Waals surface area contributed by atoms with Crippen LogP contribution in [0.1, 0.15) is 51.2 Å². The van der Waals surface area contributed by atoms with E-state index in [9.17, 15) is 14.4 Å². The second-order valence-corrected chi connectivity index (χ2v) is 16.8. The predicted molar refractivity (Wildman–Crippen MR) is 153 cm³/mol. The van der Waals surface area contributed by atoms with Gasteiger partial charge in [0.05, 0.1) is 38.3 Å². The molecule has 0 saturated carbocycles. The highest BCUT2D eigenvalue weighted by Crippen LogP contribution is 2.37. The highest BCUT2D eigenvalue weighted by Gasteiger charge is 2.39. The fourth-order valence-electron chi connectivity index (χ4n) is 3.69. The molecular formula is C27H30ClN3O4SSi. The summed E-state index contributed by atoms with van der Waals surface area (Å²) < 4.78 is 6.68. The van der Waals surface area contributed by atoms with E-state index in [4.69, 9.17) is 16.0 Å². The summed E-state index contributed by atoms with van der Waals surface area (Å²) in [5, 5.41) is 6.23. The molecule has 7 nitrogen and oxygen atoms in total. The second kappa shape index (κ2) is 10.4. The summed E-state index contributed by atoms with van der Waals surface area (Å²) >= 11 is 7.07. The van der Waals surface area contributed by atoms with Crippen molar-refractivity contribution < 1.29 is 18.8 Å². The number of nitrogens with zero attached hydrogens (tertiary/aromatic N) is 1. The van der Waals surface area contributed by atoms with Crippen molar-refractivity contribution in [2.75, 3.05) is 28.7 Å². The van der Waals surface area contributed by atoms with E-state index in [-0.39, 0.29) is 21.9 Å². The normalized spacial score (nSPS) is 13.6. The Hall–Kier alpha value is -2.98. The fraction of sp³-hybridized carbons (Fsp3) is 0.296. The Morgan fingerprint density at radius 3 is 2.35 bits per heavy atom. The third kappa shape index (κ3) is 5.64. The minimum atomic E-state index is -1.80. The van der Waals surface area contributed by atoms with Crippen molar-refractivity contribution in [3.8, 4) is 0 Å². The number of nitrogens with one attached hydrogen (secondary N) is 2. The van der Waals surface area contributed by atoms with Crippen molar-refractivity contribution in [1.82, 2.24) is 0 Å². The number of carbonyl (C=O) groups is 3. The number of thiophene rings is 1. The molecule has 0 bridgehead atoms. The molecule has 0 radical (unpaired) electrons. The lowest BCUT2D eigenvalue weighted by molar-refractivity contribution is 0.0926. The molecule has 2 aromatic carbocycles. The monoisotopic (exact) mass is 555 g/mol. The van der Waals surface area contributed by atoms with Gasteiger partial charge >= 0.3 is 0 Å². The molecule has 10 heteroatoms. The molecule has 1 aromatic heterocycles. The van der Waals surface area contributed by atoms with E-state index >= 15 is 0 Å². The average molecular weight is 556 g/mol. The van der Waals surface area contributed by atoms with E-state index < -0.39 is 26.0 Å². The smallest absolute Gasteiger partial charge is 0.268 e. The van der Waals surface area contributed by atoms with Gasteiger partial charge in [0.25, 0.3) is 17.7 Å². The molecule has 2 N–H and O–H groups in total. The van der Waals surface area contributed by atoms with Gasteiger partial charge in [0.15, 0.2) is 8.32 Å². The zero-order valence-corrected chi connectivity index (χ0v) is 24.0. The van der Waals surface area contributed by atoms with E-state index in [0.29, 0.717) is 28.1 Å². The highest BCUT2D eigenvalue weighted by molar-refractivity contribution is 7.18. The first kappa shape index (κ1) is 27.1. The quantitative estimate of drug-likeness (QED) is 0.179. The number of fused-ring (bicyclic) bond motifs is 1. The number of benzene rings is 2. The van der Waals surface area contributed by atoms with Gasteiger partial charge in [-0.25, -0.2) is 4.90 Å². The molecule has 3 amide bonds. The van der Waals surface area contributed by atoms with Gasteiger partial charge in [-0.05, 0) is 66.7 Å². The standard InChI is InChI=1S/C27H30ClN3O4SSi/c1-27(2,3)37(4,5)35-16-15-29-17-9-11-18(12-10-17)31-25(33)19-7-6-8-20(23(19)26(31)34)30-24(32)21-13-14-22(28)36-21/h6-14,29H,15-16H2,1-5H3,(H,30,32). The second-order valence-electron chi connectivity index (χ2n) is 10.3. The summed E-state index contributed by atoms with van der Waals surface area (Å²) in [7, 11) is -1.80. The molecule has 4 rings (SSSR count). The van der Waals surface area contributed by atoms with Crippen LogP contribution < -0.4 is 15.5 Å².